The minimum Gasteiger partial charge on any atom is -0.347 e. The Kier molecular flexibility index (Phi) is 2.49. The Labute approximate surface area is 90.7 Å². The van der Waals surface area contributed by atoms with Crippen LogP contribution in [0.15, 0.2) is 12.4 Å². The van der Waals surface area contributed by atoms with Gasteiger partial charge < -0.3 is 10.3 Å². The molecule has 0 radical (unpaired) electrons. The second kappa shape index (κ2) is 3.97. The lowest BCUT2D eigenvalue weighted by atomic mass is 9.71. The van der Waals surface area contributed by atoms with Gasteiger partial charge >= 0.3 is 0 Å². The SMILES string of the molecule is c1c[nH]c(C2NCCC3CCCCC32)n1. The van der Waals surface area contributed by atoms with E-state index in [0.29, 0.717) is 6.04 Å². The van der Waals surface area contributed by atoms with Crippen LogP contribution < -0.4 is 5.32 Å². The van der Waals surface area contributed by atoms with Crippen molar-refractivity contribution < 1.29 is 0 Å². The maximum absolute atomic E-state index is 4.41. The monoisotopic (exact) mass is 205 g/mol. The molecule has 82 valence electrons. The number of nitrogens with one attached hydrogen (secondary N) is 2. The number of H-pyrrole nitrogens is 1. The van der Waals surface area contributed by atoms with E-state index in [0.717, 1.165) is 24.2 Å². The van der Waals surface area contributed by atoms with Crippen molar-refractivity contribution in [2.45, 2.75) is 38.1 Å². The fraction of sp³-hybridized carbons (Fsp3) is 0.750. The topological polar surface area (TPSA) is 40.7 Å². The van der Waals surface area contributed by atoms with Crippen LogP contribution in [0.25, 0.3) is 0 Å². The summed E-state index contributed by atoms with van der Waals surface area (Å²) in [6.07, 6.45) is 10.8. The molecule has 2 heterocycles. The predicted molar refractivity (Wildman–Crippen MR) is 59.4 cm³/mol. The molecule has 1 aromatic rings. The maximum atomic E-state index is 4.41. The van der Waals surface area contributed by atoms with Gasteiger partial charge in [0.2, 0.25) is 0 Å². The van der Waals surface area contributed by atoms with E-state index in [2.05, 4.69) is 15.3 Å². The quantitative estimate of drug-likeness (QED) is 0.738. The zero-order chi connectivity index (χ0) is 10.1. The van der Waals surface area contributed by atoms with Gasteiger partial charge in [-0.2, -0.15) is 0 Å². The highest BCUT2D eigenvalue weighted by Crippen LogP contribution is 2.41. The van der Waals surface area contributed by atoms with Crippen LogP contribution in [0.3, 0.4) is 0 Å². The Morgan fingerprint density at radius 3 is 3.00 bits per heavy atom. The molecule has 0 aromatic carbocycles. The lowest BCUT2D eigenvalue weighted by Crippen LogP contribution is -2.41. The molecule has 0 bridgehead atoms. The van der Waals surface area contributed by atoms with E-state index in [1.165, 1.54) is 32.1 Å². The summed E-state index contributed by atoms with van der Waals surface area (Å²) in [6, 6.07) is 0.485. The van der Waals surface area contributed by atoms with Gasteiger partial charge in [-0.25, -0.2) is 4.98 Å². The van der Waals surface area contributed by atoms with Crippen molar-refractivity contribution in [3.8, 4) is 0 Å². The number of piperidine rings is 1. The first kappa shape index (κ1) is 9.40. The number of aromatic amines is 1. The van der Waals surface area contributed by atoms with Crippen molar-refractivity contribution in [2.75, 3.05) is 6.54 Å². The summed E-state index contributed by atoms with van der Waals surface area (Å²) in [5.74, 6) is 2.90. The molecule has 3 rings (SSSR count). The molecule has 2 fully saturated rings. The smallest absolute Gasteiger partial charge is 0.123 e. The lowest BCUT2D eigenvalue weighted by molar-refractivity contribution is 0.130. The predicted octanol–water partition coefficient (Wildman–Crippen LogP) is 2.25. The highest BCUT2D eigenvalue weighted by atomic mass is 15.0. The van der Waals surface area contributed by atoms with Crippen molar-refractivity contribution in [3.63, 3.8) is 0 Å². The number of hydrogen-bond donors (Lipinski definition) is 2. The third-order valence-corrected chi connectivity index (χ3v) is 4.09. The molecule has 3 unspecified atom stereocenters. The summed E-state index contributed by atoms with van der Waals surface area (Å²) in [6.45, 7) is 1.16. The number of fused-ring (bicyclic) bond motifs is 1. The van der Waals surface area contributed by atoms with Crippen LogP contribution in [0.1, 0.15) is 44.0 Å². The Morgan fingerprint density at radius 2 is 2.13 bits per heavy atom. The molecule has 1 saturated carbocycles. The van der Waals surface area contributed by atoms with E-state index >= 15 is 0 Å². The van der Waals surface area contributed by atoms with Gasteiger partial charge in [-0.1, -0.05) is 19.3 Å². The lowest BCUT2D eigenvalue weighted by Gasteiger charge is -2.41. The highest BCUT2D eigenvalue weighted by molar-refractivity contribution is 5.02. The maximum Gasteiger partial charge on any atom is 0.123 e. The average Bonchev–Trinajstić information content (AvgIpc) is 2.82. The Bertz CT molecular complexity index is 305. The zero-order valence-corrected chi connectivity index (χ0v) is 9.08. The largest absolute Gasteiger partial charge is 0.347 e. The van der Waals surface area contributed by atoms with Crippen LogP contribution in [0, 0.1) is 11.8 Å². The van der Waals surface area contributed by atoms with E-state index in [-0.39, 0.29) is 0 Å². The molecule has 3 heteroatoms. The number of rotatable bonds is 1. The molecule has 0 amide bonds. The van der Waals surface area contributed by atoms with Gasteiger partial charge in [0.05, 0.1) is 6.04 Å². The van der Waals surface area contributed by atoms with Crippen LogP contribution in [0.4, 0.5) is 0 Å². The molecule has 1 aliphatic heterocycles. The molecule has 1 aliphatic carbocycles. The summed E-state index contributed by atoms with van der Waals surface area (Å²) in [5.41, 5.74) is 0. The Morgan fingerprint density at radius 1 is 1.20 bits per heavy atom. The Hall–Kier alpha value is -0.830. The summed E-state index contributed by atoms with van der Waals surface area (Å²) in [7, 11) is 0. The molecule has 1 saturated heterocycles. The third kappa shape index (κ3) is 1.69. The molecule has 15 heavy (non-hydrogen) atoms. The standard InChI is InChI=1S/C12H19N3/c1-2-4-10-9(3-1)5-6-13-11(10)12-14-7-8-15-12/h7-11,13H,1-6H2,(H,14,15). The van der Waals surface area contributed by atoms with Crippen LogP contribution in [-0.2, 0) is 0 Å². The van der Waals surface area contributed by atoms with Crippen LogP contribution in [-0.4, -0.2) is 16.5 Å². The highest BCUT2D eigenvalue weighted by Gasteiger charge is 2.36. The van der Waals surface area contributed by atoms with Crippen molar-refractivity contribution in [3.05, 3.63) is 18.2 Å². The van der Waals surface area contributed by atoms with E-state index in [4.69, 9.17) is 0 Å². The van der Waals surface area contributed by atoms with Crippen molar-refractivity contribution in [1.82, 2.24) is 15.3 Å². The van der Waals surface area contributed by atoms with Crippen LogP contribution >= 0.6 is 0 Å². The van der Waals surface area contributed by atoms with Crippen LogP contribution in [0.2, 0.25) is 0 Å². The van der Waals surface area contributed by atoms with Crippen molar-refractivity contribution >= 4 is 0 Å². The van der Waals surface area contributed by atoms with E-state index in [9.17, 15) is 0 Å². The van der Waals surface area contributed by atoms with Crippen molar-refractivity contribution in [2.24, 2.45) is 11.8 Å². The first-order chi connectivity index (χ1) is 7.45. The van der Waals surface area contributed by atoms with Gasteiger partial charge in [0, 0.05) is 12.4 Å². The summed E-state index contributed by atoms with van der Waals surface area (Å²) < 4.78 is 0. The minimum atomic E-state index is 0.485. The van der Waals surface area contributed by atoms with E-state index in [1.807, 2.05) is 12.4 Å². The first-order valence-corrected chi connectivity index (χ1v) is 6.18. The molecule has 2 N–H and O–H groups in total. The second-order valence-corrected chi connectivity index (χ2v) is 4.90. The molecule has 3 atom stereocenters. The van der Waals surface area contributed by atoms with Gasteiger partial charge in [0.1, 0.15) is 5.82 Å². The molecule has 2 aliphatic rings. The summed E-state index contributed by atoms with van der Waals surface area (Å²) in [5, 5.41) is 3.63. The number of nitrogens with zero attached hydrogens (tertiary/aromatic N) is 1. The molecule has 0 spiro atoms. The normalized spacial score (nSPS) is 36.1. The van der Waals surface area contributed by atoms with Gasteiger partial charge in [0.15, 0.2) is 0 Å². The number of hydrogen-bond acceptors (Lipinski definition) is 2. The van der Waals surface area contributed by atoms with Gasteiger partial charge in [-0.05, 0) is 31.2 Å². The molecule has 3 nitrogen and oxygen atoms in total. The number of imidazole rings is 1. The van der Waals surface area contributed by atoms with Crippen LogP contribution in [0.5, 0.6) is 0 Å². The molecule has 1 aromatic heterocycles. The van der Waals surface area contributed by atoms with Crippen molar-refractivity contribution in [1.29, 1.82) is 0 Å². The van der Waals surface area contributed by atoms with E-state index in [1.54, 1.807) is 0 Å². The van der Waals surface area contributed by atoms with Gasteiger partial charge in [-0.15, -0.1) is 0 Å². The minimum absolute atomic E-state index is 0.485. The zero-order valence-electron chi connectivity index (χ0n) is 9.08. The summed E-state index contributed by atoms with van der Waals surface area (Å²) in [4.78, 5) is 7.68. The second-order valence-electron chi connectivity index (χ2n) is 4.90. The fourth-order valence-electron chi connectivity index (χ4n) is 3.36. The van der Waals surface area contributed by atoms with Gasteiger partial charge in [-0.3, -0.25) is 0 Å². The third-order valence-electron chi connectivity index (χ3n) is 4.09. The van der Waals surface area contributed by atoms with Gasteiger partial charge in [0.25, 0.3) is 0 Å². The van der Waals surface area contributed by atoms with E-state index < -0.39 is 0 Å². The molecular formula is C12H19N3. The average molecular weight is 205 g/mol. The Balaban J connectivity index is 1.82. The number of aromatic nitrogens is 2. The fourth-order valence-corrected chi connectivity index (χ4v) is 3.36. The molecular weight excluding hydrogens is 186 g/mol. The summed E-state index contributed by atoms with van der Waals surface area (Å²) >= 11 is 0. The first-order valence-electron chi connectivity index (χ1n) is 6.18.